The summed E-state index contributed by atoms with van der Waals surface area (Å²) in [5.74, 6) is 0. The summed E-state index contributed by atoms with van der Waals surface area (Å²) >= 11 is 0. The number of ether oxygens (including phenoxy) is 1. The molecule has 0 saturated carbocycles. The van der Waals surface area contributed by atoms with Crippen molar-refractivity contribution in [1.29, 1.82) is 0 Å². The lowest BCUT2D eigenvalue weighted by Crippen LogP contribution is -1.90. The van der Waals surface area contributed by atoms with Crippen LogP contribution in [0.2, 0.25) is 0 Å². The first-order chi connectivity index (χ1) is 3.41. The van der Waals surface area contributed by atoms with E-state index in [1.54, 1.807) is 6.08 Å². The van der Waals surface area contributed by atoms with Crippen molar-refractivity contribution >= 4 is 0 Å². The minimum Gasteiger partial charge on any atom is -0.377 e. The van der Waals surface area contributed by atoms with Crippen LogP contribution in [0, 0.1) is 0 Å². The van der Waals surface area contributed by atoms with Crippen LogP contribution in [0.15, 0.2) is 12.7 Å². The average molecular weight is 116 g/mol. The van der Waals surface area contributed by atoms with Crippen LogP contribution in [-0.2, 0) is 4.74 Å². The van der Waals surface area contributed by atoms with Crippen molar-refractivity contribution in [2.45, 2.75) is 20.8 Å². The number of hydrogen-bond donors (Lipinski definition) is 0. The summed E-state index contributed by atoms with van der Waals surface area (Å²) in [6, 6.07) is 0. The van der Waals surface area contributed by atoms with Crippen molar-refractivity contribution in [3.05, 3.63) is 12.7 Å². The Balaban J connectivity index is 0. The van der Waals surface area contributed by atoms with Gasteiger partial charge < -0.3 is 4.74 Å². The summed E-state index contributed by atoms with van der Waals surface area (Å²) in [5.41, 5.74) is 0. The Morgan fingerprint density at radius 3 is 2.62 bits per heavy atom. The molecule has 0 atom stereocenters. The van der Waals surface area contributed by atoms with Crippen molar-refractivity contribution < 1.29 is 4.74 Å². The molecule has 8 heavy (non-hydrogen) atoms. The van der Waals surface area contributed by atoms with E-state index in [4.69, 9.17) is 4.74 Å². The first-order valence-electron chi connectivity index (χ1n) is 2.60. The largest absolute Gasteiger partial charge is 0.377 e. The summed E-state index contributed by atoms with van der Waals surface area (Å²) < 4.78 is 5.01. The van der Waals surface area contributed by atoms with Crippen molar-refractivity contribution in [3.8, 4) is 0 Å². The molecule has 0 aliphatic heterocycles. The van der Waals surface area contributed by atoms with Gasteiger partial charge >= 0.3 is 0 Å². The van der Waals surface area contributed by atoms with E-state index in [9.17, 15) is 0 Å². The first kappa shape index (κ1) is 10.6. The average Bonchev–Trinajstić information content (AvgIpc) is 1.69. The quantitative estimate of drug-likeness (QED) is 0.404. The van der Waals surface area contributed by atoms with Crippen LogP contribution >= 0.6 is 0 Å². The minimum absolute atomic E-state index is 0. The normalized spacial score (nSPS) is 7.62. The molecule has 1 heteroatoms. The third-order valence-electron chi connectivity index (χ3n) is 0.584. The topological polar surface area (TPSA) is 9.23 Å². The van der Waals surface area contributed by atoms with Crippen LogP contribution in [0.1, 0.15) is 20.8 Å². The van der Waals surface area contributed by atoms with Crippen LogP contribution in [0.4, 0.5) is 0 Å². The molecule has 1 nitrogen and oxygen atoms in total. The summed E-state index contributed by atoms with van der Waals surface area (Å²) in [6.45, 7) is 7.14. The highest BCUT2D eigenvalue weighted by Gasteiger charge is 1.74. The van der Waals surface area contributed by atoms with Gasteiger partial charge in [0.15, 0.2) is 0 Å². The van der Waals surface area contributed by atoms with Crippen LogP contribution in [0.3, 0.4) is 0 Å². The van der Waals surface area contributed by atoms with E-state index < -0.39 is 0 Å². The molecule has 0 aliphatic rings. The maximum absolute atomic E-state index is 5.01. The number of rotatable bonds is 4. The zero-order valence-electron chi connectivity index (χ0n) is 4.81. The highest BCUT2D eigenvalue weighted by Crippen LogP contribution is 1.77. The summed E-state index contributed by atoms with van der Waals surface area (Å²) in [7, 11) is 0. The van der Waals surface area contributed by atoms with Gasteiger partial charge in [0.1, 0.15) is 0 Å². The molecule has 0 saturated heterocycles. The molecule has 0 bridgehead atoms. The summed E-state index contributed by atoms with van der Waals surface area (Å²) in [6.07, 6.45) is 2.85. The molecule has 0 aromatic carbocycles. The first-order valence-corrected chi connectivity index (χ1v) is 2.60. The van der Waals surface area contributed by atoms with Crippen molar-refractivity contribution in [2.24, 2.45) is 0 Å². The van der Waals surface area contributed by atoms with Gasteiger partial charge in [-0.3, -0.25) is 0 Å². The maximum atomic E-state index is 5.01. The molecule has 0 radical (unpaired) electrons. The zero-order valence-corrected chi connectivity index (χ0v) is 4.81. The Morgan fingerprint density at radius 1 is 1.62 bits per heavy atom. The fraction of sp³-hybridized carbons (Fsp3) is 0.714. The Morgan fingerprint density at radius 2 is 2.25 bits per heavy atom. The van der Waals surface area contributed by atoms with Gasteiger partial charge in [-0.1, -0.05) is 20.4 Å². The molecule has 0 fully saturated rings. The molecule has 0 N–H and O–H groups in total. The molecule has 0 rings (SSSR count). The van der Waals surface area contributed by atoms with Gasteiger partial charge in [-0.25, -0.2) is 0 Å². The summed E-state index contributed by atoms with van der Waals surface area (Å²) in [4.78, 5) is 0. The Hall–Kier alpha value is -0.300. The molecule has 0 amide bonds. The van der Waals surface area contributed by atoms with Gasteiger partial charge in [0, 0.05) is 6.61 Å². The predicted molar refractivity (Wildman–Crippen MR) is 38.0 cm³/mol. The van der Waals surface area contributed by atoms with Gasteiger partial charge in [0.2, 0.25) is 0 Å². The SMILES string of the molecule is C.C=CCOCCC. The molecule has 0 aliphatic carbocycles. The lowest BCUT2D eigenvalue weighted by molar-refractivity contribution is 0.163. The Bertz CT molecular complexity index is 41.7. The van der Waals surface area contributed by atoms with Gasteiger partial charge in [0.05, 0.1) is 6.61 Å². The van der Waals surface area contributed by atoms with Gasteiger partial charge in [0.25, 0.3) is 0 Å². The van der Waals surface area contributed by atoms with E-state index in [-0.39, 0.29) is 7.43 Å². The van der Waals surface area contributed by atoms with E-state index >= 15 is 0 Å². The van der Waals surface area contributed by atoms with Gasteiger partial charge in [-0.05, 0) is 6.42 Å². The smallest absolute Gasteiger partial charge is 0.0644 e. The van der Waals surface area contributed by atoms with Crippen LogP contribution in [0.25, 0.3) is 0 Å². The standard InChI is InChI=1S/C6H12O.CH4/c1-3-5-7-6-4-2;/h3H,1,4-6H2,2H3;1H4. The fourth-order valence-corrected chi connectivity index (χ4v) is 0.311. The minimum atomic E-state index is 0. The van der Waals surface area contributed by atoms with Crippen LogP contribution in [-0.4, -0.2) is 13.2 Å². The highest BCUT2D eigenvalue weighted by molar-refractivity contribution is 4.63. The lowest BCUT2D eigenvalue weighted by Gasteiger charge is -1.92. The predicted octanol–water partition coefficient (Wildman–Crippen LogP) is 2.24. The van der Waals surface area contributed by atoms with Crippen molar-refractivity contribution in [2.75, 3.05) is 13.2 Å². The highest BCUT2D eigenvalue weighted by atomic mass is 16.5. The second kappa shape index (κ2) is 9.85. The van der Waals surface area contributed by atoms with E-state index in [0.717, 1.165) is 13.0 Å². The molecule has 0 spiro atoms. The van der Waals surface area contributed by atoms with Crippen molar-refractivity contribution in [3.63, 3.8) is 0 Å². The number of hydrogen-bond acceptors (Lipinski definition) is 1. The molecule has 0 aromatic heterocycles. The molecular weight excluding hydrogens is 100 g/mol. The monoisotopic (exact) mass is 116 g/mol. The molecule has 0 aromatic rings. The zero-order chi connectivity index (χ0) is 5.54. The second-order valence-electron chi connectivity index (χ2n) is 1.36. The van der Waals surface area contributed by atoms with E-state index in [2.05, 4.69) is 13.5 Å². The van der Waals surface area contributed by atoms with Gasteiger partial charge in [-0.2, -0.15) is 0 Å². The van der Waals surface area contributed by atoms with Crippen LogP contribution < -0.4 is 0 Å². The van der Waals surface area contributed by atoms with E-state index in [1.807, 2.05) is 0 Å². The fourth-order valence-electron chi connectivity index (χ4n) is 0.311. The molecule has 50 valence electrons. The molecular formula is C7H16O. The summed E-state index contributed by atoms with van der Waals surface area (Å²) in [5, 5.41) is 0. The third kappa shape index (κ3) is 9.20. The maximum Gasteiger partial charge on any atom is 0.0644 e. The third-order valence-corrected chi connectivity index (χ3v) is 0.584. The van der Waals surface area contributed by atoms with E-state index in [1.165, 1.54) is 0 Å². The van der Waals surface area contributed by atoms with Crippen LogP contribution in [0.5, 0.6) is 0 Å². The Labute approximate surface area is 52.4 Å². The van der Waals surface area contributed by atoms with Crippen molar-refractivity contribution in [1.82, 2.24) is 0 Å². The van der Waals surface area contributed by atoms with Gasteiger partial charge in [-0.15, -0.1) is 6.58 Å². The lowest BCUT2D eigenvalue weighted by atomic mass is 10.5. The Kier molecular flexibility index (Phi) is 13.1. The second-order valence-corrected chi connectivity index (χ2v) is 1.36. The molecule has 0 heterocycles. The van der Waals surface area contributed by atoms with E-state index in [0.29, 0.717) is 6.61 Å². The molecule has 0 unspecified atom stereocenters.